The maximum Gasteiger partial charge on any atom is 0.130 e. The summed E-state index contributed by atoms with van der Waals surface area (Å²) in [4.78, 5) is 5.06. The average Bonchev–Trinajstić information content (AvgIpc) is 3.38. The van der Waals surface area contributed by atoms with Crippen molar-refractivity contribution in [1.82, 2.24) is 20.9 Å². The fourth-order valence-corrected chi connectivity index (χ4v) is 7.62. The third kappa shape index (κ3) is 3.72. The van der Waals surface area contributed by atoms with E-state index in [4.69, 9.17) is 0 Å². The Labute approximate surface area is 258 Å². The molecule has 5 nitrogen and oxygen atoms in total. The monoisotopic (exact) mass is 571 g/mol. The van der Waals surface area contributed by atoms with Gasteiger partial charge in [-0.2, -0.15) is 0 Å². The number of fused-ring (bicyclic) bond motifs is 7. The number of allylic oxidation sites excluding steroid dienone is 7. The van der Waals surface area contributed by atoms with Crippen LogP contribution in [0.4, 0.5) is 11.4 Å². The van der Waals surface area contributed by atoms with Gasteiger partial charge in [0.25, 0.3) is 0 Å². The molecule has 44 heavy (non-hydrogen) atoms. The first-order valence-corrected chi connectivity index (χ1v) is 15.5. The molecule has 0 fully saturated rings. The highest BCUT2D eigenvalue weighted by Crippen LogP contribution is 2.56. The normalized spacial score (nSPS) is 23.9. The van der Waals surface area contributed by atoms with Crippen LogP contribution >= 0.6 is 0 Å². The molecule has 0 spiro atoms. The van der Waals surface area contributed by atoms with Gasteiger partial charge < -0.3 is 25.8 Å². The number of dihydropyridines is 2. The quantitative estimate of drug-likeness (QED) is 0.312. The first kappa shape index (κ1) is 25.1. The summed E-state index contributed by atoms with van der Waals surface area (Å²) < 4.78 is 0. The molecule has 214 valence electrons. The molecule has 1 aliphatic carbocycles. The van der Waals surface area contributed by atoms with Gasteiger partial charge in [0.15, 0.2) is 0 Å². The summed E-state index contributed by atoms with van der Waals surface area (Å²) in [6.07, 6.45) is 24.3. The highest BCUT2D eigenvalue weighted by atomic mass is 15.3. The second-order valence-corrected chi connectivity index (χ2v) is 11.8. The first-order chi connectivity index (χ1) is 21.9. The highest BCUT2D eigenvalue weighted by molar-refractivity contribution is 6.05. The van der Waals surface area contributed by atoms with E-state index in [1.54, 1.807) is 0 Å². The molecule has 0 amide bonds. The second kappa shape index (κ2) is 10.1. The van der Waals surface area contributed by atoms with Crippen molar-refractivity contribution in [3.8, 4) is 0 Å². The van der Waals surface area contributed by atoms with E-state index < -0.39 is 0 Å². The smallest absolute Gasteiger partial charge is 0.130 e. The van der Waals surface area contributed by atoms with Crippen molar-refractivity contribution in [1.29, 1.82) is 0 Å². The SMILES string of the molecule is C1=CCNC(C2=CNC(N3c4ccccc4C4=C(c5ccccc53)N(C3=CC=CCN3)C3C=CC=CC43)c3ccccc32)=C1. The molecule has 3 aromatic carbocycles. The molecule has 3 aromatic rings. The predicted molar refractivity (Wildman–Crippen MR) is 180 cm³/mol. The molecule has 5 heteroatoms. The van der Waals surface area contributed by atoms with Gasteiger partial charge >= 0.3 is 0 Å². The Bertz CT molecular complexity index is 1930. The number of hydrogen-bond acceptors (Lipinski definition) is 5. The van der Waals surface area contributed by atoms with Crippen molar-refractivity contribution in [2.75, 3.05) is 18.0 Å². The molecule has 3 unspecified atom stereocenters. The molecule has 0 saturated heterocycles. The maximum atomic E-state index is 3.87. The van der Waals surface area contributed by atoms with Crippen molar-refractivity contribution in [2.45, 2.75) is 12.2 Å². The Morgan fingerprint density at radius 2 is 1.34 bits per heavy atom. The topological polar surface area (TPSA) is 42.6 Å². The van der Waals surface area contributed by atoms with Crippen LogP contribution < -0.4 is 20.9 Å². The minimum Gasteiger partial charge on any atom is -0.381 e. The predicted octanol–water partition coefficient (Wildman–Crippen LogP) is 7.12. The Balaban J connectivity index is 1.27. The Hall–Kier alpha value is -5.42. The minimum absolute atomic E-state index is 0.0991. The number of nitrogens with zero attached hydrogens (tertiary/aromatic N) is 2. The van der Waals surface area contributed by atoms with Crippen molar-refractivity contribution >= 4 is 28.2 Å². The summed E-state index contributed by atoms with van der Waals surface area (Å²) >= 11 is 0. The van der Waals surface area contributed by atoms with Gasteiger partial charge in [-0.05, 0) is 35.4 Å². The van der Waals surface area contributed by atoms with Gasteiger partial charge in [0.2, 0.25) is 0 Å². The zero-order valence-electron chi connectivity index (χ0n) is 24.3. The van der Waals surface area contributed by atoms with Gasteiger partial charge in [0.05, 0.1) is 23.1 Å². The standard InChI is InChI=1S/C39H33N5/c1-2-14-27-26(13-1)31(32-18-9-11-23-40-32)25-42-39(27)43-33-19-6-3-15-28(33)37-29-16-4-7-20-34(29)44(36-22-10-12-24-41-36)38(37)30-17-5-8-21-35(30)43/h1-22,25,29,34,39-42H,23-24H2. The summed E-state index contributed by atoms with van der Waals surface area (Å²) in [5.74, 6) is 1.37. The van der Waals surface area contributed by atoms with E-state index in [2.05, 4.69) is 166 Å². The van der Waals surface area contributed by atoms with E-state index in [1.165, 1.54) is 50.5 Å². The molecular weight excluding hydrogens is 538 g/mol. The number of para-hydroxylation sites is 2. The number of hydrogen-bond donors (Lipinski definition) is 3. The molecule has 0 radical (unpaired) electrons. The van der Waals surface area contributed by atoms with Crippen LogP contribution in [0.5, 0.6) is 0 Å². The highest BCUT2D eigenvalue weighted by Gasteiger charge is 2.45. The molecule has 5 heterocycles. The molecule has 5 aliphatic heterocycles. The Morgan fingerprint density at radius 3 is 2.14 bits per heavy atom. The number of rotatable bonds is 3. The molecule has 0 saturated carbocycles. The van der Waals surface area contributed by atoms with E-state index >= 15 is 0 Å². The van der Waals surface area contributed by atoms with Crippen molar-refractivity contribution in [3.63, 3.8) is 0 Å². The molecular formula is C39H33N5. The zero-order valence-corrected chi connectivity index (χ0v) is 24.3. The summed E-state index contributed by atoms with van der Waals surface area (Å²) in [6, 6.07) is 27.0. The average molecular weight is 572 g/mol. The van der Waals surface area contributed by atoms with Gasteiger partial charge in [0.1, 0.15) is 12.0 Å². The number of nitrogens with one attached hydrogen (secondary N) is 3. The number of anilines is 2. The van der Waals surface area contributed by atoms with Crippen LogP contribution in [0.3, 0.4) is 0 Å². The largest absolute Gasteiger partial charge is 0.381 e. The van der Waals surface area contributed by atoms with E-state index in [0.29, 0.717) is 0 Å². The third-order valence-corrected chi connectivity index (χ3v) is 9.45. The first-order valence-electron chi connectivity index (χ1n) is 15.5. The van der Waals surface area contributed by atoms with Crippen LogP contribution in [-0.2, 0) is 0 Å². The third-order valence-electron chi connectivity index (χ3n) is 9.45. The van der Waals surface area contributed by atoms with Crippen molar-refractivity contribution < 1.29 is 0 Å². The molecule has 3 N–H and O–H groups in total. The molecule has 9 rings (SSSR count). The summed E-state index contributed by atoms with van der Waals surface area (Å²) in [5.41, 5.74) is 12.4. The molecule has 3 atom stereocenters. The summed E-state index contributed by atoms with van der Waals surface area (Å²) in [7, 11) is 0. The maximum absolute atomic E-state index is 3.87. The van der Waals surface area contributed by atoms with E-state index in [0.717, 1.165) is 24.6 Å². The van der Waals surface area contributed by atoms with Gasteiger partial charge in [0, 0.05) is 53.2 Å². The van der Waals surface area contributed by atoms with Crippen LogP contribution in [0.15, 0.2) is 151 Å². The van der Waals surface area contributed by atoms with Gasteiger partial charge in [-0.25, -0.2) is 0 Å². The lowest BCUT2D eigenvalue weighted by molar-refractivity contribution is 0.379. The van der Waals surface area contributed by atoms with Crippen molar-refractivity contribution in [2.24, 2.45) is 5.92 Å². The van der Waals surface area contributed by atoms with Gasteiger partial charge in [-0.3, -0.25) is 0 Å². The number of benzene rings is 3. The van der Waals surface area contributed by atoms with Crippen LogP contribution in [0.2, 0.25) is 0 Å². The van der Waals surface area contributed by atoms with Crippen LogP contribution in [0.1, 0.15) is 28.4 Å². The lowest BCUT2D eigenvalue weighted by Crippen LogP contribution is -2.39. The Morgan fingerprint density at radius 1 is 0.636 bits per heavy atom. The zero-order chi connectivity index (χ0) is 29.0. The summed E-state index contributed by atoms with van der Waals surface area (Å²) in [5, 5.41) is 11.1. The molecule has 0 bridgehead atoms. The second-order valence-electron chi connectivity index (χ2n) is 11.8. The lowest BCUT2D eigenvalue weighted by Gasteiger charge is -2.40. The fourth-order valence-electron chi connectivity index (χ4n) is 7.62. The molecule has 6 aliphatic rings. The fraction of sp³-hybridized carbons (Fsp3) is 0.128. The van der Waals surface area contributed by atoms with Crippen LogP contribution in [0, 0.1) is 5.92 Å². The Kier molecular flexibility index (Phi) is 5.76. The molecule has 0 aromatic heterocycles. The van der Waals surface area contributed by atoms with E-state index in [1.807, 2.05) is 0 Å². The van der Waals surface area contributed by atoms with Gasteiger partial charge in [-0.15, -0.1) is 0 Å². The van der Waals surface area contributed by atoms with Crippen molar-refractivity contribution in [3.05, 3.63) is 174 Å². The minimum atomic E-state index is -0.0991. The van der Waals surface area contributed by atoms with E-state index in [-0.39, 0.29) is 18.1 Å². The lowest BCUT2D eigenvalue weighted by atomic mass is 9.85. The van der Waals surface area contributed by atoms with Crippen LogP contribution in [-0.4, -0.2) is 24.0 Å². The van der Waals surface area contributed by atoms with Gasteiger partial charge in [-0.1, -0.05) is 109 Å². The van der Waals surface area contributed by atoms with E-state index in [9.17, 15) is 0 Å². The summed E-state index contributed by atoms with van der Waals surface area (Å²) in [6.45, 7) is 1.66. The van der Waals surface area contributed by atoms with Crippen LogP contribution in [0.25, 0.3) is 16.8 Å².